The zero-order valence-electron chi connectivity index (χ0n) is 76.6. The van der Waals surface area contributed by atoms with Gasteiger partial charge in [-0.05, 0) is 26.2 Å². The molecule has 2 unspecified atom stereocenters. The second-order valence-electron chi connectivity index (χ2n) is 36.0. The summed E-state index contributed by atoms with van der Waals surface area (Å²) in [5.74, 6) is -16.1. The van der Waals surface area contributed by atoms with Crippen LogP contribution in [0.4, 0.5) is 0 Å². The molecule has 34 atom stereocenters. The van der Waals surface area contributed by atoms with Crippen molar-refractivity contribution in [1.29, 1.82) is 0 Å². The second kappa shape index (κ2) is 59.7. The van der Waals surface area contributed by atoms with E-state index in [1.165, 1.54) is 128 Å². The van der Waals surface area contributed by atoms with Gasteiger partial charge in [-0.1, -0.05) is 206 Å². The fraction of sp³-hybridized carbons (Fsp3) is 0.910. The first kappa shape index (κ1) is 115. The smallest absolute Gasteiger partial charge is 0.364 e. The van der Waals surface area contributed by atoms with E-state index in [9.17, 15) is 136 Å². The lowest BCUT2D eigenvalue weighted by Crippen LogP contribution is -2.71. The number of allylic oxidation sites excluding steroid dienone is 1. The molecule has 6 saturated heterocycles. The Kier molecular flexibility index (Phi) is 52.5. The number of aliphatic hydroxyl groups is 19. The first-order chi connectivity index (χ1) is 62.6. The first-order valence-electron chi connectivity index (χ1n) is 47.4. The molecule has 42 heteroatoms. The van der Waals surface area contributed by atoms with Crippen molar-refractivity contribution >= 4 is 35.4 Å². The Morgan fingerprint density at radius 2 is 0.786 bits per heavy atom. The highest BCUT2D eigenvalue weighted by Gasteiger charge is 2.64. The summed E-state index contributed by atoms with van der Waals surface area (Å²) in [4.78, 5) is 79.8. The zero-order valence-corrected chi connectivity index (χ0v) is 76.6. The molecule has 6 aliphatic heterocycles. The standard InChI is InChI=1S/C89H157N3O39/c1-6-8-10-12-14-16-18-20-21-22-23-24-25-27-29-31-33-35-37-39-64(107)92-54(55(102)38-36-34-32-30-28-26-19-17-15-13-11-9-7-2)49-120-83-72(113)71(112)76(62(47-97)123-83)126-85-74(115)81(131-89(87(118)119)42-57(104)66(91-52(5)101)79(129-89)68(109)59(106)44-94)77(63(48-98)124-85)127-82-53(40-50(3)99)75(69(110)60(45-95)121-82)125-84-73(114)80(70(111)61(46-96)122-84)130-88(86(116)117)41-56(103)65(90-51(4)100)78(128-88)67(108)58(105)43-93/h36,38,53-63,65-85,93-98,102-106,108-115H,6-35,37,39-49H2,1-5H3,(H,90,100)(H,91,101)(H,92,107)(H,116,117)(H,118,119)/b38-36+/t53-,54+,55-,56+,57+,58-,59-,60-,61-,62-,63-,65-,66-,67-,68-,69+,70+,71-,72-,73-,74-,75-,76-,77+,78?,79?,80+,81-,82+,83-,84+,85+,88+,89+/m1/s1. The van der Waals surface area contributed by atoms with Crippen LogP contribution in [-0.4, -0.2) is 390 Å². The minimum atomic E-state index is -3.48. The monoisotopic (exact) mass is 1890 g/mol. The van der Waals surface area contributed by atoms with Crippen molar-refractivity contribution < 1.29 is 193 Å². The van der Waals surface area contributed by atoms with E-state index in [-0.39, 0.29) is 6.42 Å². The molecule has 0 radical (unpaired) electrons. The predicted molar refractivity (Wildman–Crippen MR) is 459 cm³/mol. The van der Waals surface area contributed by atoms with Gasteiger partial charge in [0.15, 0.2) is 25.2 Å². The lowest BCUT2D eigenvalue weighted by Gasteiger charge is -2.53. The first-order valence-corrected chi connectivity index (χ1v) is 47.4. The molecule has 131 heavy (non-hydrogen) atoms. The van der Waals surface area contributed by atoms with E-state index in [1.54, 1.807) is 6.08 Å². The second-order valence-corrected chi connectivity index (χ2v) is 36.0. The van der Waals surface area contributed by atoms with Crippen LogP contribution in [0.15, 0.2) is 12.2 Å². The molecule has 6 aliphatic rings. The Hall–Kier alpha value is -4.48. The van der Waals surface area contributed by atoms with Gasteiger partial charge < -0.3 is 185 Å². The summed E-state index contributed by atoms with van der Waals surface area (Å²) < 4.78 is 72.8. The molecular formula is C89H157N3O39. The number of ketones is 1. The summed E-state index contributed by atoms with van der Waals surface area (Å²) in [6.07, 6.45) is -26.9. The Morgan fingerprint density at radius 1 is 0.420 bits per heavy atom. The fourth-order valence-corrected chi connectivity index (χ4v) is 17.9. The van der Waals surface area contributed by atoms with Crippen LogP contribution in [0.2, 0.25) is 0 Å². The number of unbranched alkanes of at least 4 members (excludes halogenated alkanes) is 29. The molecule has 0 spiro atoms. The molecule has 0 aromatic carbocycles. The molecule has 6 rings (SSSR count). The van der Waals surface area contributed by atoms with Crippen LogP contribution >= 0.6 is 0 Å². The normalized spacial score (nSPS) is 34.4. The predicted octanol–water partition coefficient (Wildman–Crippen LogP) is -1.22. The van der Waals surface area contributed by atoms with Gasteiger partial charge in [-0.3, -0.25) is 14.4 Å². The highest BCUT2D eigenvalue weighted by molar-refractivity contribution is 5.78. The molecule has 0 saturated carbocycles. The average molecular weight is 1890 g/mol. The average Bonchev–Trinajstić information content (AvgIpc) is 0.746. The van der Waals surface area contributed by atoms with E-state index in [4.69, 9.17) is 56.8 Å². The van der Waals surface area contributed by atoms with Crippen LogP contribution in [0.1, 0.15) is 259 Å². The van der Waals surface area contributed by atoms with Gasteiger partial charge >= 0.3 is 11.9 Å². The molecule has 762 valence electrons. The van der Waals surface area contributed by atoms with Gasteiger partial charge in [0.25, 0.3) is 11.6 Å². The van der Waals surface area contributed by atoms with Crippen LogP contribution in [0.25, 0.3) is 0 Å². The highest BCUT2D eigenvalue weighted by atomic mass is 16.8. The third-order valence-corrected chi connectivity index (χ3v) is 25.4. The molecule has 6 fully saturated rings. The van der Waals surface area contributed by atoms with Gasteiger partial charge in [0.2, 0.25) is 17.7 Å². The van der Waals surface area contributed by atoms with Gasteiger partial charge in [-0.15, -0.1) is 0 Å². The van der Waals surface area contributed by atoms with E-state index < -0.39 is 308 Å². The summed E-state index contributed by atoms with van der Waals surface area (Å²) in [6.45, 7) is -0.599. The summed E-state index contributed by atoms with van der Waals surface area (Å²) in [7, 11) is 0. The summed E-state index contributed by atoms with van der Waals surface area (Å²) in [5.41, 5.74) is 0. The number of aliphatic carboxylic acids is 2. The van der Waals surface area contributed by atoms with Crippen LogP contribution in [-0.2, 0) is 85.6 Å². The Bertz CT molecular complexity index is 3270. The molecule has 0 aromatic rings. The molecule has 6 heterocycles. The minimum absolute atomic E-state index is 0.0986. The maximum atomic E-state index is 14.1. The van der Waals surface area contributed by atoms with Crippen molar-refractivity contribution in [2.24, 2.45) is 5.92 Å². The molecule has 3 amide bonds. The lowest BCUT2D eigenvalue weighted by atomic mass is 9.86. The van der Waals surface area contributed by atoms with Gasteiger partial charge in [-0.25, -0.2) is 9.59 Å². The Morgan fingerprint density at radius 3 is 1.20 bits per heavy atom. The number of carbonyl (C=O) groups excluding carboxylic acids is 4. The number of nitrogens with one attached hydrogen (secondary N) is 3. The van der Waals surface area contributed by atoms with Crippen LogP contribution in [0, 0.1) is 5.92 Å². The summed E-state index contributed by atoms with van der Waals surface area (Å²) in [5, 5.41) is 245. The van der Waals surface area contributed by atoms with Crippen molar-refractivity contribution in [3.05, 3.63) is 12.2 Å². The van der Waals surface area contributed by atoms with E-state index in [0.717, 1.165) is 85.0 Å². The fourth-order valence-electron chi connectivity index (χ4n) is 17.9. The topological polar surface area (TPSA) is 674 Å². The number of carboxylic acid groups (broad SMARTS) is 2. The number of ether oxygens (including phenoxy) is 12. The quantitative estimate of drug-likeness (QED) is 0.0251. The van der Waals surface area contributed by atoms with Crippen molar-refractivity contribution in [1.82, 2.24) is 16.0 Å². The summed E-state index contributed by atoms with van der Waals surface area (Å²) in [6, 6.07) is -4.77. The van der Waals surface area contributed by atoms with Crippen LogP contribution in [0.3, 0.4) is 0 Å². The number of rotatable bonds is 64. The molecular weight excluding hydrogens is 1730 g/mol. The molecule has 0 aromatic heterocycles. The third kappa shape index (κ3) is 34.8. The van der Waals surface area contributed by atoms with Crippen LogP contribution in [0.5, 0.6) is 0 Å². The van der Waals surface area contributed by atoms with Crippen molar-refractivity contribution in [2.75, 3.05) is 46.2 Å². The maximum Gasteiger partial charge on any atom is 0.364 e. The molecule has 0 bridgehead atoms. The Balaban J connectivity index is 1.27. The number of aliphatic hydroxyl groups excluding tert-OH is 19. The van der Waals surface area contributed by atoms with E-state index in [1.807, 2.05) is 0 Å². The number of Topliss-reactive ketones (excluding diaryl/α,β-unsaturated/α-hetero) is 1. The van der Waals surface area contributed by atoms with E-state index in [2.05, 4.69) is 29.8 Å². The molecule has 24 N–H and O–H groups in total. The maximum absolute atomic E-state index is 14.1. The number of hydrogen-bond donors (Lipinski definition) is 24. The highest BCUT2D eigenvalue weighted by Crippen LogP contribution is 2.44. The lowest BCUT2D eigenvalue weighted by molar-refractivity contribution is -0.408. The van der Waals surface area contributed by atoms with E-state index >= 15 is 0 Å². The van der Waals surface area contributed by atoms with Crippen molar-refractivity contribution in [3.8, 4) is 0 Å². The largest absolute Gasteiger partial charge is 0.477 e. The number of amides is 3. The van der Waals surface area contributed by atoms with Crippen molar-refractivity contribution in [2.45, 2.75) is 461 Å². The van der Waals surface area contributed by atoms with Crippen molar-refractivity contribution in [3.63, 3.8) is 0 Å². The summed E-state index contributed by atoms with van der Waals surface area (Å²) >= 11 is 0. The molecule has 42 nitrogen and oxygen atoms in total. The minimum Gasteiger partial charge on any atom is -0.477 e. The molecule has 0 aliphatic carbocycles. The van der Waals surface area contributed by atoms with Gasteiger partial charge in [0, 0.05) is 45.4 Å². The van der Waals surface area contributed by atoms with Gasteiger partial charge in [0.1, 0.15) is 128 Å². The van der Waals surface area contributed by atoms with Crippen LogP contribution < -0.4 is 16.0 Å². The number of carboxylic acids is 2. The Labute approximate surface area is 766 Å². The zero-order chi connectivity index (χ0) is 96.7. The van der Waals surface area contributed by atoms with Gasteiger partial charge in [-0.2, -0.15) is 0 Å². The van der Waals surface area contributed by atoms with E-state index in [0.29, 0.717) is 12.8 Å². The third-order valence-electron chi connectivity index (χ3n) is 25.4. The van der Waals surface area contributed by atoms with Gasteiger partial charge in [0.05, 0.1) is 88.8 Å². The SMILES string of the molecule is CCCCCCCCCCCCC/C=C/[C@@H](O)[C@H](CO[C@@H]1O[C@H](CO)[C@@H](O[C@@H]2O[C@H](CO)[C@H](O[C@@H]3O[C@H](CO)[C@H](O)[C@H](O[C@@H]4O[C@H](CO)[C@H](O)[C@H](O[C@]5(C(=O)O)C[C@H](O)[C@@H](NC(C)=O)C([C@H](O)[C@H](O)CO)O5)[C@H]4O)[C@H]3CC(C)=O)[C@H](O[C@]3(C(=O)O)C[C@H](O)[C@@H](NC(C)=O)C([C@H](O)[C@H](O)CO)O3)[C@H]2O)[C@H](O)[C@H]1O)NC(=O)CCCCCCCCCCCCCCCCCCCCC. The number of carbonyl (C=O) groups is 6. The number of hydrogen-bond acceptors (Lipinski definition) is 37.